The van der Waals surface area contributed by atoms with Gasteiger partial charge in [0.2, 0.25) is 17.7 Å². The lowest BCUT2D eigenvalue weighted by molar-refractivity contribution is 0.461. The Balaban J connectivity index is 1.48. The molecule has 4 rings (SSSR count). The molecule has 4 aromatic rings. The molecule has 0 aliphatic carbocycles. The fourth-order valence-corrected chi connectivity index (χ4v) is 3.10. The maximum absolute atomic E-state index is 5.89. The molecule has 6 nitrogen and oxygen atoms in total. The van der Waals surface area contributed by atoms with Crippen LogP contribution < -0.4 is 0 Å². The Hall–Kier alpha value is -2.64. The lowest BCUT2D eigenvalue weighted by Gasteiger charge is -2.01. The molecule has 0 unspecified atom stereocenters. The first-order valence-corrected chi connectivity index (χ1v) is 9.10. The zero-order valence-electron chi connectivity index (χ0n) is 13.7. The first kappa shape index (κ1) is 16.8. The van der Waals surface area contributed by atoms with Crippen LogP contribution in [0, 0.1) is 0 Å². The third kappa shape index (κ3) is 3.63. The van der Waals surface area contributed by atoms with Crippen molar-refractivity contribution in [1.82, 2.24) is 20.4 Å². The summed E-state index contributed by atoms with van der Waals surface area (Å²) in [4.78, 5) is 0. The van der Waals surface area contributed by atoms with Gasteiger partial charge < -0.3 is 8.83 Å². The second kappa shape index (κ2) is 7.31. The summed E-state index contributed by atoms with van der Waals surface area (Å²) in [6.07, 6.45) is 0. The topological polar surface area (TPSA) is 77.8 Å². The summed E-state index contributed by atoms with van der Waals surface area (Å²) in [7, 11) is 0. The van der Waals surface area contributed by atoms with Gasteiger partial charge in [-0.15, -0.1) is 20.4 Å². The van der Waals surface area contributed by atoms with Gasteiger partial charge in [0.05, 0.1) is 5.25 Å². The predicted molar refractivity (Wildman–Crippen MR) is 98.8 cm³/mol. The second-order valence-corrected chi connectivity index (χ2v) is 7.18. The standard InChI is InChI=1S/C18H13ClN4O2S/c1-11(15-20-21-16(24-15)12-5-3-2-4-6-12)26-18-23-22-17(25-18)13-7-9-14(19)10-8-13/h2-11H,1H3/t11-/m1/s1. The van der Waals surface area contributed by atoms with Crippen LogP contribution in [0.15, 0.2) is 68.7 Å². The van der Waals surface area contributed by atoms with Gasteiger partial charge in [0.15, 0.2) is 0 Å². The van der Waals surface area contributed by atoms with E-state index in [1.54, 1.807) is 12.1 Å². The summed E-state index contributed by atoms with van der Waals surface area (Å²) in [5.41, 5.74) is 1.69. The molecule has 26 heavy (non-hydrogen) atoms. The molecule has 0 aliphatic heterocycles. The summed E-state index contributed by atoms with van der Waals surface area (Å²) in [6, 6.07) is 16.8. The van der Waals surface area contributed by atoms with Crippen molar-refractivity contribution in [2.75, 3.05) is 0 Å². The lowest BCUT2D eigenvalue weighted by atomic mass is 10.2. The zero-order chi connectivity index (χ0) is 17.9. The molecule has 0 N–H and O–H groups in total. The van der Waals surface area contributed by atoms with E-state index in [1.807, 2.05) is 49.4 Å². The number of hydrogen-bond acceptors (Lipinski definition) is 7. The highest BCUT2D eigenvalue weighted by atomic mass is 35.5. The van der Waals surface area contributed by atoms with Gasteiger partial charge in [0, 0.05) is 16.1 Å². The number of thioether (sulfide) groups is 1. The molecule has 0 radical (unpaired) electrons. The Morgan fingerprint density at radius 2 is 1.46 bits per heavy atom. The number of halogens is 1. The largest absolute Gasteiger partial charge is 0.419 e. The highest BCUT2D eigenvalue weighted by molar-refractivity contribution is 7.99. The van der Waals surface area contributed by atoms with Gasteiger partial charge in [-0.3, -0.25) is 0 Å². The van der Waals surface area contributed by atoms with E-state index in [-0.39, 0.29) is 5.25 Å². The lowest BCUT2D eigenvalue weighted by Crippen LogP contribution is -1.88. The average molecular weight is 385 g/mol. The maximum atomic E-state index is 5.89. The van der Waals surface area contributed by atoms with Gasteiger partial charge in [-0.05, 0) is 43.3 Å². The van der Waals surface area contributed by atoms with E-state index >= 15 is 0 Å². The Morgan fingerprint density at radius 3 is 2.23 bits per heavy atom. The minimum atomic E-state index is -0.126. The van der Waals surface area contributed by atoms with Gasteiger partial charge >= 0.3 is 0 Å². The van der Waals surface area contributed by atoms with Gasteiger partial charge in [-0.2, -0.15) is 0 Å². The van der Waals surface area contributed by atoms with Crippen LogP contribution in [-0.4, -0.2) is 20.4 Å². The smallest absolute Gasteiger partial charge is 0.277 e. The summed E-state index contributed by atoms with van der Waals surface area (Å²) in [5.74, 6) is 1.42. The van der Waals surface area contributed by atoms with Crippen molar-refractivity contribution >= 4 is 23.4 Å². The minimum absolute atomic E-state index is 0.126. The van der Waals surface area contributed by atoms with Gasteiger partial charge in [0.25, 0.3) is 5.22 Å². The SMILES string of the molecule is C[C@@H](Sc1nnc(-c2ccc(Cl)cc2)o1)c1nnc(-c2ccccc2)o1. The van der Waals surface area contributed by atoms with Gasteiger partial charge in [-0.25, -0.2) is 0 Å². The van der Waals surface area contributed by atoms with Crippen molar-refractivity contribution in [3.63, 3.8) is 0 Å². The molecule has 2 aromatic heterocycles. The van der Waals surface area contributed by atoms with Crippen LogP contribution in [0.5, 0.6) is 0 Å². The van der Waals surface area contributed by atoms with Crippen molar-refractivity contribution in [3.05, 3.63) is 65.5 Å². The Bertz CT molecular complexity index is 1000. The Labute approximate surface area is 158 Å². The second-order valence-electron chi connectivity index (χ2n) is 5.45. The van der Waals surface area contributed by atoms with E-state index in [1.165, 1.54) is 11.8 Å². The van der Waals surface area contributed by atoms with Crippen molar-refractivity contribution in [2.45, 2.75) is 17.4 Å². The molecule has 0 amide bonds. The summed E-state index contributed by atoms with van der Waals surface area (Å²) in [5, 5.41) is 17.3. The first-order chi connectivity index (χ1) is 12.7. The quantitative estimate of drug-likeness (QED) is 0.432. The molecular formula is C18H13ClN4O2S. The van der Waals surface area contributed by atoms with Crippen LogP contribution in [0.3, 0.4) is 0 Å². The molecule has 8 heteroatoms. The first-order valence-electron chi connectivity index (χ1n) is 7.84. The number of hydrogen-bond donors (Lipinski definition) is 0. The molecule has 0 aliphatic rings. The van der Waals surface area contributed by atoms with Crippen LogP contribution in [0.2, 0.25) is 5.02 Å². The highest BCUT2D eigenvalue weighted by Crippen LogP contribution is 2.35. The molecule has 2 aromatic carbocycles. The molecule has 0 bridgehead atoms. The van der Waals surface area contributed by atoms with Crippen LogP contribution in [0.4, 0.5) is 0 Å². The number of rotatable bonds is 5. The molecule has 0 saturated heterocycles. The van der Waals surface area contributed by atoms with Crippen LogP contribution >= 0.6 is 23.4 Å². The fraction of sp³-hybridized carbons (Fsp3) is 0.111. The Morgan fingerprint density at radius 1 is 0.808 bits per heavy atom. The monoisotopic (exact) mass is 384 g/mol. The molecule has 0 fully saturated rings. The number of aromatic nitrogens is 4. The molecule has 130 valence electrons. The fourth-order valence-electron chi connectivity index (χ4n) is 2.26. The van der Waals surface area contributed by atoms with E-state index in [4.69, 9.17) is 20.4 Å². The van der Waals surface area contributed by atoms with E-state index in [2.05, 4.69) is 20.4 Å². The van der Waals surface area contributed by atoms with Crippen molar-refractivity contribution in [3.8, 4) is 22.9 Å². The summed E-state index contributed by atoms with van der Waals surface area (Å²) >= 11 is 7.25. The summed E-state index contributed by atoms with van der Waals surface area (Å²) in [6.45, 7) is 1.94. The van der Waals surface area contributed by atoms with Crippen LogP contribution in [-0.2, 0) is 0 Å². The zero-order valence-corrected chi connectivity index (χ0v) is 15.2. The van der Waals surface area contributed by atoms with Crippen molar-refractivity contribution in [2.24, 2.45) is 0 Å². The molecular weight excluding hydrogens is 372 g/mol. The van der Waals surface area contributed by atoms with E-state index < -0.39 is 0 Å². The van der Waals surface area contributed by atoms with Crippen LogP contribution in [0.25, 0.3) is 22.9 Å². The third-order valence-electron chi connectivity index (χ3n) is 3.58. The molecule has 2 heterocycles. The van der Waals surface area contributed by atoms with Crippen molar-refractivity contribution in [1.29, 1.82) is 0 Å². The Kier molecular flexibility index (Phi) is 4.73. The highest BCUT2D eigenvalue weighted by Gasteiger charge is 2.19. The predicted octanol–water partition coefficient (Wildman–Crippen LogP) is 5.29. The van der Waals surface area contributed by atoms with Gasteiger partial charge in [0.1, 0.15) is 0 Å². The maximum Gasteiger partial charge on any atom is 0.277 e. The average Bonchev–Trinajstić information content (AvgIpc) is 3.33. The van der Waals surface area contributed by atoms with E-state index in [0.29, 0.717) is 27.9 Å². The van der Waals surface area contributed by atoms with Crippen molar-refractivity contribution < 1.29 is 8.83 Å². The minimum Gasteiger partial charge on any atom is -0.419 e. The normalized spacial score (nSPS) is 12.2. The molecule has 0 spiro atoms. The number of nitrogens with zero attached hydrogens (tertiary/aromatic N) is 4. The molecule has 1 atom stereocenters. The van der Waals surface area contributed by atoms with Gasteiger partial charge in [-0.1, -0.05) is 41.6 Å². The van der Waals surface area contributed by atoms with E-state index in [9.17, 15) is 0 Å². The third-order valence-corrected chi connectivity index (χ3v) is 4.76. The number of benzene rings is 2. The molecule has 0 saturated carbocycles. The van der Waals surface area contributed by atoms with Crippen LogP contribution in [0.1, 0.15) is 18.1 Å². The summed E-state index contributed by atoms with van der Waals surface area (Å²) < 4.78 is 11.5. The van der Waals surface area contributed by atoms with E-state index in [0.717, 1.165) is 11.1 Å².